The third kappa shape index (κ3) is 4.47. The van der Waals surface area contributed by atoms with Gasteiger partial charge in [-0.25, -0.2) is 0 Å². The number of carbonyl (C=O) groups excluding carboxylic acids is 1. The van der Waals surface area contributed by atoms with E-state index in [9.17, 15) is 4.79 Å². The van der Waals surface area contributed by atoms with E-state index in [1.54, 1.807) is 25.1 Å². The molecule has 0 N–H and O–H groups in total. The summed E-state index contributed by atoms with van der Waals surface area (Å²) in [6, 6.07) is 0. The van der Waals surface area contributed by atoms with E-state index in [4.69, 9.17) is 0 Å². The number of rotatable bonds is 3. The molecule has 0 saturated carbocycles. The fourth-order valence-electron chi connectivity index (χ4n) is 1.90. The van der Waals surface area contributed by atoms with E-state index in [0.29, 0.717) is 0 Å². The van der Waals surface area contributed by atoms with Gasteiger partial charge < -0.3 is 4.90 Å². The van der Waals surface area contributed by atoms with Gasteiger partial charge in [-0.3, -0.25) is 9.69 Å². The van der Waals surface area contributed by atoms with E-state index < -0.39 is 0 Å². The molecule has 1 heterocycles. The van der Waals surface area contributed by atoms with Crippen molar-refractivity contribution in [2.24, 2.45) is 5.92 Å². The summed E-state index contributed by atoms with van der Waals surface area (Å²) in [4.78, 5) is 15.3. The van der Waals surface area contributed by atoms with Crippen molar-refractivity contribution in [1.82, 2.24) is 9.80 Å². The first-order valence-corrected chi connectivity index (χ1v) is 5.69. The van der Waals surface area contributed by atoms with Crippen LogP contribution in [0.1, 0.15) is 19.8 Å². The minimum atomic E-state index is 0.0695. The zero-order valence-electron chi connectivity index (χ0n) is 10.1. The normalized spacial score (nSPS) is 23.3. The number of carbonyl (C=O) groups is 1. The molecule has 0 aliphatic carbocycles. The van der Waals surface area contributed by atoms with Gasteiger partial charge in [-0.1, -0.05) is 13.0 Å². The Balaban J connectivity index is 2.27. The first-order valence-electron chi connectivity index (χ1n) is 5.69. The Morgan fingerprint density at radius 2 is 2.27 bits per heavy atom. The molecule has 1 unspecified atom stereocenters. The van der Waals surface area contributed by atoms with Crippen LogP contribution < -0.4 is 0 Å². The zero-order chi connectivity index (χ0) is 11.3. The molecule has 1 aliphatic rings. The fourth-order valence-corrected chi connectivity index (χ4v) is 1.90. The smallest absolute Gasteiger partial charge is 0.245 e. The highest BCUT2D eigenvalue weighted by molar-refractivity contribution is 5.87. The SMILES string of the molecule is CC1CCCN(C/C=C/C(=O)N(C)C)C1. The topological polar surface area (TPSA) is 23.6 Å². The summed E-state index contributed by atoms with van der Waals surface area (Å²) in [5, 5.41) is 0. The van der Waals surface area contributed by atoms with E-state index in [-0.39, 0.29) is 5.91 Å². The molecule has 3 heteroatoms. The number of likely N-dealkylation sites (tertiary alicyclic amines) is 1. The molecule has 0 aromatic rings. The van der Waals surface area contributed by atoms with Crippen molar-refractivity contribution >= 4 is 5.91 Å². The van der Waals surface area contributed by atoms with Gasteiger partial charge in [0.25, 0.3) is 0 Å². The van der Waals surface area contributed by atoms with Gasteiger partial charge in [-0.05, 0) is 25.3 Å². The Kier molecular flexibility index (Phi) is 4.82. The van der Waals surface area contributed by atoms with Crippen molar-refractivity contribution in [2.45, 2.75) is 19.8 Å². The summed E-state index contributed by atoms with van der Waals surface area (Å²) < 4.78 is 0. The average Bonchev–Trinajstić information content (AvgIpc) is 2.17. The number of hydrogen-bond donors (Lipinski definition) is 0. The third-order valence-corrected chi connectivity index (χ3v) is 2.81. The fraction of sp³-hybridized carbons (Fsp3) is 0.750. The summed E-state index contributed by atoms with van der Waals surface area (Å²) in [6.07, 6.45) is 6.27. The van der Waals surface area contributed by atoms with Crippen LogP contribution in [0.25, 0.3) is 0 Å². The Morgan fingerprint density at radius 3 is 2.87 bits per heavy atom. The van der Waals surface area contributed by atoms with E-state index in [1.165, 1.54) is 25.9 Å². The minimum Gasteiger partial charge on any atom is -0.345 e. The van der Waals surface area contributed by atoms with Crippen molar-refractivity contribution < 1.29 is 4.79 Å². The molecule has 0 aromatic carbocycles. The number of nitrogens with zero attached hydrogens (tertiary/aromatic N) is 2. The van der Waals surface area contributed by atoms with Gasteiger partial charge in [-0.15, -0.1) is 0 Å². The summed E-state index contributed by atoms with van der Waals surface area (Å²) in [6.45, 7) is 5.54. The van der Waals surface area contributed by atoms with Crippen molar-refractivity contribution in [1.29, 1.82) is 0 Å². The molecule has 1 rings (SSSR count). The maximum absolute atomic E-state index is 11.3. The van der Waals surface area contributed by atoms with E-state index >= 15 is 0 Å². The maximum atomic E-state index is 11.3. The molecule has 0 radical (unpaired) electrons. The van der Waals surface area contributed by atoms with Crippen LogP contribution in [-0.4, -0.2) is 49.4 Å². The van der Waals surface area contributed by atoms with Crippen molar-refractivity contribution in [3.05, 3.63) is 12.2 Å². The Morgan fingerprint density at radius 1 is 1.53 bits per heavy atom. The maximum Gasteiger partial charge on any atom is 0.245 e. The molecular formula is C12H22N2O. The van der Waals surface area contributed by atoms with Gasteiger partial charge in [0.1, 0.15) is 0 Å². The van der Waals surface area contributed by atoms with E-state index in [1.807, 2.05) is 6.08 Å². The number of hydrogen-bond acceptors (Lipinski definition) is 2. The van der Waals surface area contributed by atoms with E-state index in [0.717, 1.165) is 12.5 Å². The molecule has 1 atom stereocenters. The van der Waals surface area contributed by atoms with Gasteiger partial charge in [0.2, 0.25) is 5.91 Å². The van der Waals surface area contributed by atoms with E-state index in [2.05, 4.69) is 11.8 Å². The van der Waals surface area contributed by atoms with Crippen LogP contribution in [-0.2, 0) is 4.79 Å². The Hall–Kier alpha value is -0.830. The van der Waals surface area contributed by atoms with Crippen LogP contribution in [0, 0.1) is 5.92 Å². The molecule has 1 saturated heterocycles. The van der Waals surface area contributed by atoms with Crippen molar-refractivity contribution in [3.63, 3.8) is 0 Å². The second-order valence-corrected chi connectivity index (χ2v) is 4.64. The van der Waals surface area contributed by atoms with Crippen LogP contribution >= 0.6 is 0 Å². The predicted octanol–water partition coefficient (Wildman–Crippen LogP) is 1.36. The Labute approximate surface area is 92.7 Å². The lowest BCUT2D eigenvalue weighted by atomic mass is 10.0. The first kappa shape index (κ1) is 12.2. The number of piperidine rings is 1. The second kappa shape index (κ2) is 5.91. The lowest BCUT2D eigenvalue weighted by Crippen LogP contribution is -2.34. The van der Waals surface area contributed by atoms with Crippen molar-refractivity contribution in [2.75, 3.05) is 33.7 Å². The van der Waals surface area contributed by atoms with Crippen LogP contribution in [0.4, 0.5) is 0 Å². The molecule has 1 fully saturated rings. The average molecular weight is 210 g/mol. The van der Waals surface area contributed by atoms with Crippen LogP contribution in [0.15, 0.2) is 12.2 Å². The minimum absolute atomic E-state index is 0.0695. The van der Waals surface area contributed by atoms with Crippen LogP contribution in [0.3, 0.4) is 0 Å². The monoisotopic (exact) mass is 210 g/mol. The van der Waals surface area contributed by atoms with Gasteiger partial charge in [-0.2, -0.15) is 0 Å². The van der Waals surface area contributed by atoms with Crippen LogP contribution in [0.5, 0.6) is 0 Å². The highest BCUT2D eigenvalue weighted by Crippen LogP contribution is 2.14. The first-order chi connectivity index (χ1) is 7.09. The Bertz CT molecular complexity index is 236. The molecular weight excluding hydrogens is 188 g/mol. The lowest BCUT2D eigenvalue weighted by Gasteiger charge is -2.29. The van der Waals surface area contributed by atoms with Gasteiger partial charge >= 0.3 is 0 Å². The summed E-state index contributed by atoms with van der Waals surface area (Å²) in [7, 11) is 3.55. The molecule has 1 aliphatic heterocycles. The highest BCUT2D eigenvalue weighted by Gasteiger charge is 2.14. The molecule has 15 heavy (non-hydrogen) atoms. The number of likely N-dealkylation sites (N-methyl/N-ethyl adjacent to an activating group) is 1. The molecule has 0 spiro atoms. The van der Waals surface area contributed by atoms with Gasteiger partial charge in [0.05, 0.1) is 0 Å². The summed E-state index contributed by atoms with van der Waals surface area (Å²) in [5.41, 5.74) is 0. The van der Waals surface area contributed by atoms with Gasteiger partial charge in [0, 0.05) is 33.3 Å². The lowest BCUT2D eigenvalue weighted by molar-refractivity contribution is -0.123. The largest absolute Gasteiger partial charge is 0.345 e. The molecule has 0 bridgehead atoms. The summed E-state index contributed by atoms with van der Waals surface area (Å²) >= 11 is 0. The highest BCUT2D eigenvalue weighted by atomic mass is 16.2. The van der Waals surface area contributed by atoms with Crippen LogP contribution in [0.2, 0.25) is 0 Å². The van der Waals surface area contributed by atoms with Gasteiger partial charge in [0.15, 0.2) is 0 Å². The second-order valence-electron chi connectivity index (χ2n) is 4.64. The molecule has 3 nitrogen and oxygen atoms in total. The summed E-state index contributed by atoms with van der Waals surface area (Å²) in [5.74, 6) is 0.872. The molecule has 1 amide bonds. The standard InChI is InChI=1S/C12H22N2O/c1-11-6-4-8-14(10-11)9-5-7-12(15)13(2)3/h5,7,11H,4,6,8-10H2,1-3H3/b7-5+. The predicted molar refractivity (Wildman–Crippen MR) is 62.7 cm³/mol. The zero-order valence-corrected chi connectivity index (χ0v) is 10.1. The quantitative estimate of drug-likeness (QED) is 0.657. The van der Waals surface area contributed by atoms with Crippen molar-refractivity contribution in [3.8, 4) is 0 Å². The molecule has 86 valence electrons. The molecule has 0 aromatic heterocycles. The number of amides is 1. The third-order valence-electron chi connectivity index (χ3n) is 2.81.